The van der Waals surface area contributed by atoms with Gasteiger partial charge in [0.25, 0.3) is 0 Å². The van der Waals surface area contributed by atoms with Crippen molar-refractivity contribution in [1.82, 2.24) is 9.80 Å². The van der Waals surface area contributed by atoms with Gasteiger partial charge in [-0.15, -0.1) is 11.8 Å². The number of likely N-dealkylation sites (N-methyl/N-ethyl adjacent to an activating group) is 1. The van der Waals surface area contributed by atoms with E-state index >= 15 is 0 Å². The monoisotopic (exact) mass is 310 g/mol. The highest BCUT2D eigenvalue weighted by atomic mass is 32.2. The zero-order chi connectivity index (χ0) is 15.4. The number of thioether (sulfide) groups is 1. The number of benzene rings is 1. The molecule has 5 nitrogen and oxygen atoms in total. The first kappa shape index (κ1) is 16.0. The summed E-state index contributed by atoms with van der Waals surface area (Å²) in [6.45, 7) is 1.59. The molecule has 1 atom stereocenters. The van der Waals surface area contributed by atoms with Gasteiger partial charge in [0.05, 0.1) is 20.0 Å². The lowest BCUT2D eigenvalue weighted by Crippen LogP contribution is -2.34. The molecule has 0 aliphatic carbocycles. The van der Waals surface area contributed by atoms with Gasteiger partial charge in [-0.25, -0.2) is 0 Å². The van der Waals surface area contributed by atoms with E-state index in [4.69, 9.17) is 9.47 Å². The maximum atomic E-state index is 12.1. The molecule has 0 aromatic heterocycles. The molecule has 0 saturated carbocycles. The predicted octanol–water partition coefficient (Wildman–Crippen LogP) is 1.84. The molecule has 1 amide bonds. The summed E-state index contributed by atoms with van der Waals surface area (Å²) >= 11 is 1.66. The van der Waals surface area contributed by atoms with Crippen LogP contribution in [0, 0.1) is 0 Å². The number of hydrogen-bond donors (Lipinski definition) is 0. The molecule has 1 saturated heterocycles. The van der Waals surface area contributed by atoms with Gasteiger partial charge in [-0.3, -0.25) is 4.79 Å². The van der Waals surface area contributed by atoms with Crippen LogP contribution in [0.1, 0.15) is 10.9 Å². The lowest BCUT2D eigenvalue weighted by atomic mass is 10.1. The van der Waals surface area contributed by atoms with Crippen molar-refractivity contribution in [2.75, 3.05) is 47.2 Å². The third kappa shape index (κ3) is 3.63. The summed E-state index contributed by atoms with van der Waals surface area (Å²) < 4.78 is 10.6. The van der Waals surface area contributed by atoms with E-state index in [2.05, 4.69) is 4.90 Å². The zero-order valence-electron chi connectivity index (χ0n) is 13.0. The predicted molar refractivity (Wildman–Crippen MR) is 85.0 cm³/mol. The van der Waals surface area contributed by atoms with E-state index in [1.54, 1.807) is 26.0 Å². The Bertz CT molecular complexity index is 508. The minimum absolute atomic E-state index is 0.0530. The van der Waals surface area contributed by atoms with E-state index in [1.807, 2.05) is 37.2 Å². The van der Waals surface area contributed by atoms with Crippen LogP contribution in [0.3, 0.4) is 0 Å². The van der Waals surface area contributed by atoms with Gasteiger partial charge >= 0.3 is 0 Å². The van der Waals surface area contributed by atoms with Crippen LogP contribution >= 0.6 is 11.8 Å². The standard InChI is InChI=1S/C15H22N2O3S/c1-16(2)7-8-17-14(18)10-21-15(17)11-5-6-12(19-3)13(9-11)20-4/h5-6,9,15H,7-8,10H2,1-4H3. The van der Waals surface area contributed by atoms with E-state index in [1.165, 1.54) is 0 Å². The minimum atomic E-state index is 0.0530. The molecule has 1 fully saturated rings. The molecular formula is C15H22N2O3S. The summed E-state index contributed by atoms with van der Waals surface area (Å²) in [5.41, 5.74) is 1.07. The normalized spacial score (nSPS) is 18.4. The van der Waals surface area contributed by atoms with Gasteiger partial charge in [0, 0.05) is 13.1 Å². The maximum absolute atomic E-state index is 12.1. The molecular weight excluding hydrogens is 288 g/mol. The highest BCUT2D eigenvalue weighted by Crippen LogP contribution is 2.41. The largest absolute Gasteiger partial charge is 0.493 e. The zero-order valence-corrected chi connectivity index (χ0v) is 13.8. The number of carbonyl (C=O) groups is 1. The van der Waals surface area contributed by atoms with Crippen LogP contribution in [0.25, 0.3) is 0 Å². The first-order chi connectivity index (χ1) is 10.1. The van der Waals surface area contributed by atoms with Crippen molar-refractivity contribution >= 4 is 17.7 Å². The van der Waals surface area contributed by atoms with Crippen LogP contribution in [0.15, 0.2) is 18.2 Å². The molecule has 1 aliphatic rings. The molecule has 0 radical (unpaired) electrons. The number of ether oxygens (including phenoxy) is 2. The molecule has 6 heteroatoms. The van der Waals surface area contributed by atoms with Gasteiger partial charge < -0.3 is 19.3 Å². The smallest absolute Gasteiger partial charge is 0.233 e. The van der Waals surface area contributed by atoms with Crippen LogP contribution < -0.4 is 9.47 Å². The second-order valence-electron chi connectivity index (χ2n) is 5.17. The van der Waals surface area contributed by atoms with Crippen LogP contribution in [0.2, 0.25) is 0 Å². The van der Waals surface area contributed by atoms with Crippen molar-refractivity contribution in [2.45, 2.75) is 5.37 Å². The second kappa shape index (κ2) is 7.04. The van der Waals surface area contributed by atoms with Gasteiger partial charge in [-0.1, -0.05) is 6.07 Å². The summed E-state index contributed by atoms with van der Waals surface area (Å²) in [6, 6.07) is 5.85. The molecule has 1 aromatic carbocycles. The summed E-state index contributed by atoms with van der Waals surface area (Å²) in [7, 11) is 7.27. The number of rotatable bonds is 6. The van der Waals surface area contributed by atoms with Crippen LogP contribution in [-0.2, 0) is 4.79 Å². The van der Waals surface area contributed by atoms with Crippen molar-refractivity contribution < 1.29 is 14.3 Å². The molecule has 2 rings (SSSR count). The minimum Gasteiger partial charge on any atom is -0.493 e. The Morgan fingerprint density at radius 3 is 2.62 bits per heavy atom. The van der Waals surface area contributed by atoms with E-state index in [0.717, 1.165) is 18.7 Å². The van der Waals surface area contributed by atoms with E-state index in [0.29, 0.717) is 17.3 Å². The highest BCUT2D eigenvalue weighted by molar-refractivity contribution is 8.00. The lowest BCUT2D eigenvalue weighted by molar-refractivity contribution is -0.128. The van der Waals surface area contributed by atoms with E-state index in [-0.39, 0.29) is 11.3 Å². The molecule has 1 unspecified atom stereocenters. The average Bonchev–Trinajstić information content (AvgIpc) is 2.85. The Morgan fingerprint density at radius 1 is 1.29 bits per heavy atom. The maximum Gasteiger partial charge on any atom is 0.233 e. The van der Waals surface area contributed by atoms with Gasteiger partial charge in [0.2, 0.25) is 5.91 Å². The second-order valence-corrected chi connectivity index (χ2v) is 6.24. The number of nitrogens with zero attached hydrogens (tertiary/aromatic N) is 2. The summed E-state index contributed by atoms with van der Waals surface area (Å²) in [6.07, 6.45) is 0. The summed E-state index contributed by atoms with van der Waals surface area (Å²) in [4.78, 5) is 16.1. The van der Waals surface area contributed by atoms with Crippen LogP contribution in [0.4, 0.5) is 0 Å². The number of hydrogen-bond acceptors (Lipinski definition) is 5. The summed E-state index contributed by atoms with van der Waals surface area (Å²) in [5, 5.41) is 0.0530. The number of amides is 1. The highest BCUT2D eigenvalue weighted by Gasteiger charge is 2.32. The molecule has 0 bridgehead atoms. The van der Waals surface area contributed by atoms with Crippen molar-refractivity contribution in [1.29, 1.82) is 0 Å². The van der Waals surface area contributed by atoms with Gasteiger partial charge in [0.15, 0.2) is 11.5 Å². The molecule has 0 N–H and O–H groups in total. The fourth-order valence-electron chi connectivity index (χ4n) is 2.29. The van der Waals surface area contributed by atoms with Crippen molar-refractivity contribution in [2.24, 2.45) is 0 Å². The average molecular weight is 310 g/mol. The molecule has 116 valence electrons. The quantitative estimate of drug-likeness (QED) is 0.802. The first-order valence-electron chi connectivity index (χ1n) is 6.84. The first-order valence-corrected chi connectivity index (χ1v) is 7.89. The van der Waals surface area contributed by atoms with Crippen LogP contribution in [0.5, 0.6) is 11.5 Å². The molecule has 1 aliphatic heterocycles. The molecule has 21 heavy (non-hydrogen) atoms. The third-order valence-electron chi connectivity index (χ3n) is 3.45. The van der Waals surface area contributed by atoms with Crippen LogP contribution in [-0.4, -0.2) is 62.9 Å². The van der Waals surface area contributed by atoms with Crippen molar-refractivity contribution in [3.63, 3.8) is 0 Å². The number of carbonyl (C=O) groups excluding carboxylic acids is 1. The Hall–Kier alpha value is -1.40. The van der Waals surface area contributed by atoms with Crippen molar-refractivity contribution in [3.05, 3.63) is 23.8 Å². The van der Waals surface area contributed by atoms with E-state index < -0.39 is 0 Å². The van der Waals surface area contributed by atoms with Crippen molar-refractivity contribution in [3.8, 4) is 11.5 Å². The van der Waals surface area contributed by atoms with Gasteiger partial charge in [-0.05, 0) is 31.8 Å². The summed E-state index contributed by atoms with van der Waals surface area (Å²) in [5.74, 6) is 2.13. The SMILES string of the molecule is COc1ccc(C2SCC(=O)N2CCN(C)C)cc1OC. The lowest BCUT2D eigenvalue weighted by Gasteiger charge is -2.26. The third-order valence-corrected chi connectivity index (χ3v) is 4.70. The Kier molecular flexibility index (Phi) is 5.36. The molecule has 1 heterocycles. The molecule has 1 aromatic rings. The molecule has 0 spiro atoms. The van der Waals surface area contributed by atoms with Gasteiger partial charge in [-0.2, -0.15) is 0 Å². The topological polar surface area (TPSA) is 42.0 Å². The Labute approximate surface area is 130 Å². The van der Waals surface area contributed by atoms with Gasteiger partial charge in [0.1, 0.15) is 5.37 Å². The van der Waals surface area contributed by atoms with E-state index in [9.17, 15) is 4.79 Å². The fraction of sp³-hybridized carbons (Fsp3) is 0.533. The fourth-order valence-corrected chi connectivity index (χ4v) is 3.49. The number of methoxy groups -OCH3 is 2. The Balaban J connectivity index is 2.21. The Morgan fingerprint density at radius 2 is 2.00 bits per heavy atom.